The van der Waals surface area contributed by atoms with Crippen LogP contribution in [0.25, 0.3) is 11.1 Å². The summed E-state index contributed by atoms with van der Waals surface area (Å²) in [7, 11) is 3.14. The lowest BCUT2D eigenvalue weighted by molar-refractivity contribution is -0.141. The molecule has 166 valence electrons. The molecule has 0 bridgehead atoms. The molecule has 1 N–H and O–H groups in total. The predicted molar refractivity (Wildman–Crippen MR) is 127 cm³/mol. The zero-order valence-electron chi connectivity index (χ0n) is 19.0. The molecule has 1 atom stereocenters. The smallest absolute Gasteiger partial charge is 0.306 e. The van der Waals surface area contributed by atoms with E-state index < -0.39 is 0 Å². The molecule has 1 aliphatic heterocycles. The standard InChI is InChI=1S/C27H29NO4/c1-17-7-5-8-18(2)26(17)23-10-6-9-19(27(23)31-4)15-28-21-11-12-22-20(13-25(29)30-3)16-32-24(22)14-21/h5-12,14,20,28H,13,15-16H2,1-4H3/t20-/m1/s1. The zero-order valence-corrected chi connectivity index (χ0v) is 19.0. The fourth-order valence-corrected chi connectivity index (χ4v) is 4.44. The summed E-state index contributed by atoms with van der Waals surface area (Å²) in [4.78, 5) is 11.6. The molecule has 0 aliphatic carbocycles. The Morgan fingerprint density at radius 2 is 1.81 bits per heavy atom. The van der Waals surface area contributed by atoms with Crippen LogP contribution in [0.3, 0.4) is 0 Å². The second-order valence-electron chi connectivity index (χ2n) is 8.16. The number of para-hydroxylation sites is 1. The van der Waals surface area contributed by atoms with Crippen LogP contribution in [0.5, 0.6) is 11.5 Å². The molecule has 3 aromatic rings. The van der Waals surface area contributed by atoms with Crippen molar-refractivity contribution < 1.29 is 19.0 Å². The number of anilines is 1. The van der Waals surface area contributed by atoms with Crippen molar-refractivity contribution >= 4 is 11.7 Å². The van der Waals surface area contributed by atoms with Crippen molar-refractivity contribution in [3.05, 3.63) is 76.9 Å². The van der Waals surface area contributed by atoms with E-state index in [-0.39, 0.29) is 11.9 Å². The number of aryl methyl sites for hydroxylation is 2. The zero-order chi connectivity index (χ0) is 22.7. The molecule has 0 spiro atoms. The van der Waals surface area contributed by atoms with E-state index in [2.05, 4.69) is 55.6 Å². The van der Waals surface area contributed by atoms with E-state index in [0.29, 0.717) is 19.6 Å². The van der Waals surface area contributed by atoms with E-state index in [0.717, 1.165) is 33.9 Å². The highest BCUT2D eigenvalue weighted by Crippen LogP contribution is 2.39. The molecule has 0 saturated heterocycles. The lowest BCUT2D eigenvalue weighted by Gasteiger charge is -2.18. The maximum absolute atomic E-state index is 11.6. The molecule has 1 aliphatic rings. The van der Waals surface area contributed by atoms with Gasteiger partial charge < -0.3 is 19.5 Å². The topological polar surface area (TPSA) is 56.8 Å². The Kier molecular flexibility index (Phi) is 6.35. The Morgan fingerprint density at radius 1 is 1.06 bits per heavy atom. The molecule has 0 fully saturated rings. The van der Waals surface area contributed by atoms with Gasteiger partial charge in [-0.25, -0.2) is 0 Å². The summed E-state index contributed by atoms with van der Waals surface area (Å²) in [6.07, 6.45) is 0.332. The molecule has 0 amide bonds. The third-order valence-corrected chi connectivity index (χ3v) is 6.07. The van der Waals surface area contributed by atoms with Gasteiger partial charge in [0.05, 0.1) is 27.2 Å². The molecule has 0 saturated carbocycles. The van der Waals surface area contributed by atoms with Crippen molar-refractivity contribution in [3.8, 4) is 22.6 Å². The van der Waals surface area contributed by atoms with Crippen LogP contribution in [-0.2, 0) is 16.1 Å². The summed E-state index contributed by atoms with van der Waals surface area (Å²) in [5.74, 6) is 1.53. The summed E-state index contributed by atoms with van der Waals surface area (Å²) in [5, 5.41) is 3.49. The summed E-state index contributed by atoms with van der Waals surface area (Å²) >= 11 is 0. The number of hydrogen-bond acceptors (Lipinski definition) is 5. The number of fused-ring (bicyclic) bond motifs is 1. The molecule has 4 rings (SSSR count). The Labute approximate surface area is 189 Å². The Bertz CT molecular complexity index is 1120. The average molecular weight is 432 g/mol. The maximum Gasteiger partial charge on any atom is 0.306 e. The minimum absolute atomic E-state index is 0.0422. The first-order chi connectivity index (χ1) is 15.5. The van der Waals surface area contributed by atoms with Crippen LogP contribution < -0.4 is 14.8 Å². The van der Waals surface area contributed by atoms with Crippen molar-refractivity contribution in [1.82, 2.24) is 0 Å². The second-order valence-corrected chi connectivity index (χ2v) is 8.16. The van der Waals surface area contributed by atoms with Gasteiger partial charge >= 0.3 is 5.97 Å². The molecule has 1 heterocycles. The number of carbonyl (C=O) groups is 1. The molecule has 5 nitrogen and oxygen atoms in total. The first kappa shape index (κ1) is 21.8. The lowest BCUT2D eigenvalue weighted by Crippen LogP contribution is -2.09. The first-order valence-electron chi connectivity index (χ1n) is 10.8. The van der Waals surface area contributed by atoms with E-state index in [1.807, 2.05) is 18.2 Å². The van der Waals surface area contributed by atoms with Crippen molar-refractivity contribution in [2.75, 3.05) is 26.1 Å². The SMILES string of the molecule is COC(=O)C[C@@H]1COc2cc(NCc3cccc(-c4c(C)cccc4C)c3OC)ccc21. The number of esters is 1. The molecule has 0 aromatic heterocycles. The van der Waals surface area contributed by atoms with Crippen molar-refractivity contribution in [2.24, 2.45) is 0 Å². The van der Waals surface area contributed by atoms with E-state index in [4.69, 9.17) is 14.2 Å². The van der Waals surface area contributed by atoms with Gasteiger partial charge in [0.1, 0.15) is 11.5 Å². The van der Waals surface area contributed by atoms with Crippen molar-refractivity contribution in [2.45, 2.75) is 32.7 Å². The minimum atomic E-state index is -0.218. The van der Waals surface area contributed by atoms with Gasteiger partial charge in [0, 0.05) is 40.9 Å². The predicted octanol–water partition coefficient (Wildman–Crippen LogP) is 5.63. The third-order valence-electron chi connectivity index (χ3n) is 6.07. The fourth-order valence-electron chi connectivity index (χ4n) is 4.44. The molecule has 0 radical (unpaired) electrons. The van der Waals surface area contributed by atoms with Crippen LogP contribution in [0.2, 0.25) is 0 Å². The fraction of sp³-hybridized carbons (Fsp3) is 0.296. The molecule has 5 heteroatoms. The highest BCUT2D eigenvalue weighted by atomic mass is 16.5. The third kappa shape index (κ3) is 4.28. The van der Waals surface area contributed by atoms with E-state index in [1.54, 1.807) is 7.11 Å². The van der Waals surface area contributed by atoms with Gasteiger partial charge in [0.25, 0.3) is 0 Å². The lowest BCUT2D eigenvalue weighted by atomic mass is 9.93. The highest BCUT2D eigenvalue weighted by Gasteiger charge is 2.27. The van der Waals surface area contributed by atoms with Crippen LogP contribution >= 0.6 is 0 Å². The van der Waals surface area contributed by atoms with Crippen LogP contribution in [-0.4, -0.2) is 26.8 Å². The van der Waals surface area contributed by atoms with E-state index in [1.165, 1.54) is 23.8 Å². The molecular formula is C27H29NO4. The normalized spacial score (nSPS) is 14.4. The molecule has 3 aromatic carbocycles. The van der Waals surface area contributed by atoms with Crippen LogP contribution in [0, 0.1) is 13.8 Å². The number of ether oxygens (including phenoxy) is 3. The monoisotopic (exact) mass is 431 g/mol. The van der Waals surface area contributed by atoms with Gasteiger partial charge in [0.15, 0.2) is 0 Å². The van der Waals surface area contributed by atoms with Crippen molar-refractivity contribution in [3.63, 3.8) is 0 Å². The van der Waals surface area contributed by atoms with Gasteiger partial charge in [-0.2, -0.15) is 0 Å². The second kappa shape index (κ2) is 9.35. The van der Waals surface area contributed by atoms with Crippen LogP contribution in [0.15, 0.2) is 54.6 Å². The van der Waals surface area contributed by atoms with E-state index in [9.17, 15) is 4.79 Å². The van der Waals surface area contributed by atoms with Crippen LogP contribution in [0.4, 0.5) is 5.69 Å². The maximum atomic E-state index is 11.6. The number of rotatable bonds is 7. The Balaban J connectivity index is 1.55. The van der Waals surface area contributed by atoms with Crippen molar-refractivity contribution in [1.29, 1.82) is 0 Å². The summed E-state index contributed by atoms with van der Waals surface area (Å²) in [6.45, 7) is 5.38. The summed E-state index contributed by atoms with van der Waals surface area (Å²) < 4.78 is 16.5. The quantitative estimate of drug-likeness (QED) is 0.491. The Hall–Kier alpha value is -3.47. The minimum Gasteiger partial charge on any atom is -0.496 e. The molecular weight excluding hydrogens is 402 g/mol. The number of methoxy groups -OCH3 is 2. The van der Waals surface area contributed by atoms with Gasteiger partial charge in [0.2, 0.25) is 0 Å². The van der Waals surface area contributed by atoms with Gasteiger partial charge in [-0.3, -0.25) is 4.79 Å². The van der Waals surface area contributed by atoms with Crippen LogP contribution in [0.1, 0.15) is 34.6 Å². The molecule has 32 heavy (non-hydrogen) atoms. The number of benzene rings is 3. The largest absolute Gasteiger partial charge is 0.496 e. The number of hydrogen-bond donors (Lipinski definition) is 1. The average Bonchev–Trinajstić information content (AvgIpc) is 3.19. The van der Waals surface area contributed by atoms with Gasteiger partial charge in [-0.05, 0) is 36.6 Å². The first-order valence-corrected chi connectivity index (χ1v) is 10.8. The molecule has 0 unspecified atom stereocenters. The number of nitrogens with one attached hydrogen (secondary N) is 1. The number of carbonyl (C=O) groups excluding carboxylic acids is 1. The van der Waals surface area contributed by atoms with Gasteiger partial charge in [-0.1, -0.05) is 42.5 Å². The highest BCUT2D eigenvalue weighted by molar-refractivity contribution is 5.77. The summed E-state index contributed by atoms with van der Waals surface area (Å²) in [6, 6.07) is 18.7. The Morgan fingerprint density at radius 3 is 2.53 bits per heavy atom. The summed E-state index contributed by atoms with van der Waals surface area (Å²) in [5.41, 5.74) is 7.87. The van der Waals surface area contributed by atoms with Gasteiger partial charge in [-0.15, -0.1) is 0 Å². The van der Waals surface area contributed by atoms with E-state index >= 15 is 0 Å².